The minimum atomic E-state index is -0.479. The lowest BCUT2D eigenvalue weighted by molar-refractivity contribution is -0.122. The quantitative estimate of drug-likeness (QED) is 0.602. The number of amides is 1. The van der Waals surface area contributed by atoms with Crippen molar-refractivity contribution in [3.63, 3.8) is 0 Å². The zero-order valence-electron chi connectivity index (χ0n) is 16.5. The van der Waals surface area contributed by atoms with Crippen molar-refractivity contribution in [3.8, 4) is 0 Å². The van der Waals surface area contributed by atoms with Gasteiger partial charge in [-0.25, -0.2) is 4.79 Å². The molecule has 1 amide bonds. The van der Waals surface area contributed by atoms with Gasteiger partial charge in [-0.1, -0.05) is 59.9 Å². The first-order chi connectivity index (χ1) is 14.1. The van der Waals surface area contributed by atoms with Crippen molar-refractivity contribution in [1.29, 1.82) is 0 Å². The van der Waals surface area contributed by atoms with Crippen molar-refractivity contribution in [3.05, 3.63) is 65.7 Å². The highest BCUT2D eigenvalue weighted by Crippen LogP contribution is 2.26. The molecule has 2 aromatic carbocycles. The average Bonchev–Trinajstić information content (AvgIpc) is 3.25. The highest BCUT2D eigenvalue weighted by atomic mass is 32.2. The van der Waals surface area contributed by atoms with Crippen molar-refractivity contribution in [2.45, 2.75) is 25.6 Å². The van der Waals surface area contributed by atoms with Gasteiger partial charge >= 0.3 is 5.97 Å². The third-order valence-corrected chi connectivity index (χ3v) is 6.59. The van der Waals surface area contributed by atoms with Gasteiger partial charge in [0.1, 0.15) is 4.38 Å². The summed E-state index contributed by atoms with van der Waals surface area (Å²) < 4.78 is 6.43. The lowest BCUT2D eigenvalue weighted by Crippen LogP contribution is -2.39. The normalized spacial score (nSPS) is 13.3. The number of aliphatic imine (C=N–C) groups is 1. The molecular weight excluding hydrogens is 404 g/mol. The molecule has 0 saturated carbocycles. The molecule has 0 spiro atoms. The van der Waals surface area contributed by atoms with E-state index in [9.17, 15) is 9.59 Å². The third kappa shape index (κ3) is 5.87. The van der Waals surface area contributed by atoms with Crippen LogP contribution in [0.2, 0.25) is 0 Å². The van der Waals surface area contributed by atoms with Crippen LogP contribution in [0, 0.1) is 0 Å². The van der Waals surface area contributed by atoms with Crippen LogP contribution in [0.1, 0.15) is 29.8 Å². The van der Waals surface area contributed by atoms with E-state index >= 15 is 0 Å². The predicted molar refractivity (Wildman–Crippen MR) is 122 cm³/mol. The van der Waals surface area contributed by atoms with Crippen molar-refractivity contribution < 1.29 is 14.3 Å². The number of hydrogen-bond donors (Lipinski definition) is 0. The Kier molecular flexibility index (Phi) is 7.77. The van der Waals surface area contributed by atoms with E-state index in [-0.39, 0.29) is 18.6 Å². The van der Waals surface area contributed by atoms with Crippen LogP contribution < -0.4 is 4.90 Å². The minimum absolute atomic E-state index is 0.0445. The fourth-order valence-electron chi connectivity index (χ4n) is 2.98. The summed E-state index contributed by atoms with van der Waals surface area (Å²) in [6.45, 7) is 4.43. The number of hydrogen-bond acceptors (Lipinski definition) is 6. The highest BCUT2D eigenvalue weighted by molar-refractivity contribution is 8.38. The Bertz CT molecular complexity index is 885. The van der Waals surface area contributed by atoms with Crippen LogP contribution in [0.3, 0.4) is 0 Å². The van der Waals surface area contributed by atoms with Gasteiger partial charge < -0.3 is 9.64 Å². The maximum absolute atomic E-state index is 12.7. The molecule has 3 rings (SSSR count). The number of benzene rings is 2. The molecule has 1 aliphatic heterocycles. The van der Waals surface area contributed by atoms with Crippen molar-refractivity contribution in [1.82, 2.24) is 0 Å². The van der Waals surface area contributed by atoms with Crippen LogP contribution in [0.4, 0.5) is 5.69 Å². The molecule has 29 heavy (non-hydrogen) atoms. The molecule has 0 aliphatic carbocycles. The summed E-state index contributed by atoms with van der Waals surface area (Å²) in [6.07, 6.45) is 0. The van der Waals surface area contributed by atoms with E-state index in [0.29, 0.717) is 11.3 Å². The van der Waals surface area contributed by atoms with Crippen LogP contribution in [-0.2, 0) is 15.3 Å². The molecule has 0 saturated heterocycles. The molecule has 0 fully saturated rings. The maximum Gasteiger partial charge on any atom is 0.338 e. The van der Waals surface area contributed by atoms with Gasteiger partial charge in [0.05, 0.1) is 12.1 Å². The summed E-state index contributed by atoms with van der Waals surface area (Å²) in [7, 11) is 0. The Morgan fingerprint density at radius 1 is 1.14 bits per heavy atom. The van der Waals surface area contributed by atoms with Crippen molar-refractivity contribution in [2.75, 3.05) is 23.8 Å². The number of ether oxygens (including phenoxy) is 1. The van der Waals surface area contributed by atoms with E-state index in [4.69, 9.17) is 4.74 Å². The first-order valence-electron chi connectivity index (χ1n) is 9.48. The fourth-order valence-corrected chi connectivity index (χ4v) is 4.99. The van der Waals surface area contributed by atoms with E-state index in [0.717, 1.165) is 27.9 Å². The van der Waals surface area contributed by atoms with E-state index < -0.39 is 5.97 Å². The second-order valence-electron chi connectivity index (χ2n) is 6.71. The van der Waals surface area contributed by atoms with Gasteiger partial charge in [0, 0.05) is 23.2 Å². The summed E-state index contributed by atoms with van der Waals surface area (Å²) in [5.41, 5.74) is 2.16. The molecule has 0 unspecified atom stereocenters. The van der Waals surface area contributed by atoms with Gasteiger partial charge in [-0.15, -0.1) is 0 Å². The molecule has 5 nitrogen and oxygen atoms in total. The van der Waals surface area contributed by atoms with E-state index in [2.05, 4.69) is 4.99 Å². The number of carbonyl (C=O) groups is 2. The molecule has 7 heteroatoms. The molecule has 0 bridgehead atoms. The Hall–Kier alpha value is -2.25. The molecule has 2 aromatic rings. The van der Waals surface area contributed by atoms with Gasteiger partial charge in [-0.05, 0) is 37.6 Å². The SMILES string of the molecule is CC(C)N(C(=O)COC(=O)c1ccccc1CSC1=NCCS1)c1ccccc1. The topological polar surface area (TPSA) is 59.0 Å². The average molecular weight is 429 g/mol. The lowest BCUT2D eigenvalue weighted by Gasteiger charge is -2.26. The number of nitrogens with zero attached hydrogens (tertiary/aromatic N) is 2. The van der Waals surface area contributed by atoms with Gasteiger partial charge in [0.2, 0.25) is 0 Å². The predicted octanol–water partition coefficient (Wildman–Crippen LogP) is 4.62. The number of para-hydroxylation sites is 1. The second-order valence-corrected chi connectivity index (χ2v) is 9.02. The van der Waals surface area contributed by atoms with Crippen molar-refractivity contribution >= 4 is 45.5 Å². The van der Waals surface area contributed by atoms with Crippen LogP contribution in [0.5, 0.6) is 0 Å². The Morgan fingerprint density at radius 2 is 1.86 bits per heavy atom. The number of esters is 1. The van der Waals surface area contributed by atoms with Gasteiger partial charge in [-0.3, -0.25) is 9.79 Å². The van der Waals surface area contributed by atoms with E-state index in [1.54, 1.807) is 40.6 Å². The van der Waals surface area contributed by atoms with Crippen molar-refractivity contribution in [2.24, 2.45) is 4.99 Å². The van der Waals surface area contributed by atoms with Gasteiger partial charge in [-0.2, -0.15) is 0 Å². The molecule has 152 valence electrons. The van der Waals surface area contributed by atoms with Crippen LogP contribution in [-0.4, -0.2) is 41.2 Å². The Morgan fingerprint density at radius 3 is 2.55 bits per heavy atom. The Labute approximate surface area is 179 Å². The van der Waals surface area contributed by atoms with Crippen LogP contribution in [0.15, 0.2) is 59.6 Å². The molecule has 1 aliphatic rings. The van der Waals surface area contributed by atoms with Gasteiger partial charge in [0.15, 0.2) is 6.61 Å². The zero-order valence-corrected chi connectivity index (χ0v) is 18.2. The minimum Gasteiger partial charge on any atom is -0.452 e. The summed E-state index contributed by atoms with van der Waals surface area (Å²) in [5, 5.41) is 0. The van der Waals surface area contributed by atoms with E-state index in [1.807, 2.05) is 56.3 Å². The van der Waals surface area contributed by atoms with Gasteiger partial charge in [0.25, 0.3) is 5.91 Å². The molecule has 1 heterocycles. The largest absolute Gasteiger partial charge is 0.452 e. The molecular formula is C22H24N2O3S2. The maximum atomic E-state index is 12.7. The monoisotopic (exact) mass is 428 g/mol. The molecule has 0 N–H and O–H groups in total. The number of anilines is 1. The highest BCUT2D eigenvalue weighted by Gasteiger charge is 2.21. The summed E-state index contributed by atoms with van der Waals surface area (Å²) in [5.74, 6) is 0.935. The molecule has 0 radical (unpaired) electrons. The third-order valence-electron chi connectivity index (χ3n) is 4.29. The van der Waals surface area contributed by atoms with Crippen LogP contribution in [0.25, 0.3) is 0 Å². The van der Waals surface area contributed by atoms with Crippen LogP contribution >= 0.6 is 23.5 Å². The first kappa shape index (κ1) is 21.5. The summed E-state index contributed by atoms with van der Waals surface area (Å²) in [4.78, 5) is 31.5. The number of carbonyl (C=O) groups excluding carboxylic acids is 2. The standard InChI is InChI=1S/C22H24N2O3S2/c1-16(2)24(18-9-4-3-5-10-18)20(25)14-27-21(26)19-11-7-6-8-17(19)15-29-22-23-12-13-28-22/h3-11,16H,12-15H2,1-2H3. The lowest BCUT2D eigenvalue weighted by atomic mass is 10.1. The molecule has 0 aromatic heterocycles. The molecule has 0 atom stereocenters. The Balaban J connectivity index is 1.63. The number of rotatable bonds is 7. The smallest absolute Gasteiger partial charge is 0.338 e. The van der Waals surface area contributed by atoms with E-state index in [1.165, 1.54) is 0 Å². The second kappa shape index (κ2) is 10.5. The fraction of sp³-hybridized carbons (Fsp3) is 0.318. The number of thioether (sulfide) groups is 2. The summed E-state index contributed by atoms with van der Waals surface area (Å²) >= 11 is 3.37. The zero-order chi connectivity index (χ0) is 20.6. The first-order valence-corrected chi connectivity index (χ1v) is 11.5. The summed E-state index contributed by atoms with van der Waals surface area (Å²) in [6, 6.07) is 16.7.